The third-order valence-electron chi connectivity index (χ3n) is 3.49. The molecule has 1 N–H and O–H groups in total. The number of rotatable bonds is 2. The minimum absolute atomic E-state index is 0.0163. The maximum Gasteiger partial charge on any atom is 0.152 e. The van der Waals surface area contributed by atoms with Crippen LogP contribution < -0.4 is 5.32 Å². The van der Waals surface area contributed by atoms with Crippen molar-refractivity contribution in [3.05, 3.63) is 35.9 Å². The molecule has 1 aliphatic heterocycles. The van der Waals surface area contributed by atoms with Gasteiger partial charge in [0, 0.05) is 11.4 Å². The number of nitrogens with one attached hydrogen (secondary N) is 1. The average Bonchev–Trinajstić information content (AvgIpc) is 2.70. The van der Waals surface area contributed by atoms with Crippen molar-refractivity contribution in [1.29, 1.82) is 0 Å². The van der Waals surface area contributed by atoms with E-state index in [1.165, 1.54) is 0 Å². The third kappa shape index (κ3) is 2.56. The molecular weight excluding hydrogens is 260 g/mol. The number of hydrogen-bond donors (Lipinski definition) is 1. The second-order valence-electron chi connectivity index (χ2n) is 5.09. The molecule has 2 aromatic rings. The molecule has 0 amide bonds. The zero-order valence-corrected chi connectivity index (χ0v) is 11.6. The summed E-state index contributed by atoms with van der Waals surface area (Å²) in [6.45, 7) is 1.99. The normalized spacial score (nSPS) is 21.6. The second-order valence-corrected chi connectivity index (χ2v) is 7.32. The smallest absolute Gasteiger partial charge is 0.152 e. The fourth-order valence-corrected chi connectivity index (χ4v) is 4.14. The molecule has 1 fully saturated rings. The van der Waals surface area contributed by atoms with E-state index in [9.17, 15) is 8.42 Å². The first-order chi connectivity index (χ1) is 9.03. The van der Waals surface area contributed by atoms with Crippen LogP contribution in [-0.4, -0.2) is 30.9 Å². The first kappa shape index (κ1) is 12.4. The van der Waals surface area contributed by atoms with Gasteiger partial charge in [-0.15, -0.1) is 0 Å². The fraction of sp³-hybridized carbons (Fsp3) is 0.357. The van der Waals surface area contributed by atoms with Gasteiger partial charge in [0.25, 0.3) is 0 Å². The zero-order valence-electron chi connectivity index (χ0n) is 10.8. The number of sulfone groups is 1. The van der Waals surface area contributed by atoms with Gasteiger partial charge in [0.1, 0.15) is 5.82 Å². The molecule has 19 heavy (non-hydrogen) atoms. The molecule has 3 rings (SSSR count). The SMILES string of the molecule is Cc1cc2ccccc2nc1NC1CCS(=O)(=O)C1. The molecule has 1 atom stereocenters. The third-order valence-corrected chi connectivity index (χ3v) is 5.26. The Morgan fingerprint density at radius 2 is 2.11 bits per heavy atom. The highest BCUT2D eigenvalue weighted by molar-refractivity contribution is 7.91. The predicted molar refractivity (Wildman–Crippen MR) is 77.2 cm³/mol. The lowest BCUT2D eigenvalue weighted by Gasteiger charge is -2.14. The summed E-state index contributed by atoms with van der Waals surface area (Å²) >= 11 is 0. The van der Waals surface area contributed by atoms with Crippen LogP contribution in [0, 0.1) is 6.92 Å². The predicted octanol–water partition coefficient (Wildman–Crippen LogP) is 2.14. The van der Waals surface area contributed by atoms with Crippen LogP contribution >= 0.6 is 0 Å². The molecule has 1 saturated heterocycles. The molecule has 0 spiro atoms. The summed E-state index contributed by atoms with van der Waals surface area (Å²) in [5.41, 5.74) is 1.97. The summed E-state index contributed by atoms with van der Waals surface area (Å²) in [6, 6.07) is 9.99. The van der Waals surface area contributed by atoms with Gasteiger partial charge in [-0.25, -0.2) is 13.4 Å². The minimum Gasteiger partial charge on any atom is -0.366 e. The molecule has 5 heteroatoms. The maximum atomic E-state index is 11.5. The molecule has 0 radical (unpaired) electrons. The minimum atomic E-state index is -2.86. The van der Waals surface area contributed by atoms with E-state index in [-0.39, 0.29) is 17.5 Å². The van der Waals surface area contributed by atoms with E-state index in [0.29, 0.717) is 6.42 Å². The van der Waals surface area contributed by atoms with Gasteiger partial charge < -0.3 is 5.32 Å². The van der Waals surface area contributed by atoms with Crippen LogP contribution in [0.3, 0.4) is 0 Å². The summed E-state index contributed by atoms with van der Waals surface area (Å²) < 4.78 is 22.9. The van der Waals surface area contributed by atoms with E-state index in [1.54, 1.807) is 0 Å². The van der Waals surface area contributed by atoms with Gasteiger partial charge >= 0.3 is 0 Å². The molecule has 1 unspecified atom stereocenters. The number of aryl methyl sites for hydroxylation is 1. The van der Waals surface area contributed by atoms with Gasteiger partial charge in [0.15, 0.2) is 9.84 Å². The highest BCUT2D eigenvalue weighted by Gasteiger charge is 2.28. The van der Waals surface area contributed by atoms with Gasteiger partial charge in [-0.05, 0) is 31.0 Å². The zero-order chi connectivity index (χ0) is 13.5. The molecule has 0 saturated carbocycles. The van der Waals surface area contributed by atoms with Gasteiger partial charge in [0.05, 0.1) is 17.0 Å². The molecule has 0 aliphatic carbocycles. The number of fused-ring (bicyclic) bond motifs is 1. The van der Waals surface area contributed by atoms with Crippen molar-refractivity contribution >= 4 is 26.6 Å². The average molecular weight is 276 g/mol. The molecule has 4 nitrogen and oxygen atoms in total. The summed E-state index contributed by atoms with van der Waals surface area (Å²) in [6.07, 6.45) is 0.663. The Hall–Kier alpha value is -1.62. The fourth-order valence-electron chi connectivity index (χ4n) is 2.47. The largest absolute Gasteiger partial charge is 0.366 e. The van der Waals surface area contributed by atoms with Crippen molar-refractivity contribution in [2.45, 2.75) is 19.4 Å². The Morgan fingerprint density at radius 1 is 1.32 bits per heavy atom. The van der Waals surface area contributed by atoms with Crippen LogP contribution in [0.2, 0.25) is 0 Å². The first-order valence-corrected chi connectivity index (χ1v) is 8.19. The Morgan fingerprint density at radius 3 is 2.84 bits per heavy atom. The molecular formula is C14H16N2O2S. The summed E-state index contributed by atoms with van der Waals surface area (Å²) in [4.78, 5) is 4.58. The van der Waals surface area contributed by atoms with E-state index in [4.69, 9.17) is 0 Å². The highest BCUT2D eigenvalue weighted by Crippen LogP contribution is 2.22. The van der Waals surface area contributed by atoms with Crippen molar-refractivity contribution in [1.82, 2.24) is 4.98 Å². The van der Waals surface area contributed by atoms with Crippen LogP contribution in [0.15, 0.2) is 30.3 Å². The summed E-state index contributed by atoms with van der Waals surface area (Å²) in [5, 5.41) is 4.37. The standard InChI is InChI=1S/C14H16N2O2S/c1-10-8-11-4-2-3-5-13(11)16-14(10)15-12-6-7-19(17,18)9-12/h2-5,8,12H,6-7,9H2,1H3,(H,15,16). The number of pyridine rings is 1. The number of benzene rings is 1. The van der Waals surface area contributed by atoms with Crippen LogP contribution in [0.5, 0.6) is 0 Å². The Balaban J connectivity index is 1.91. The van der Waals surface area contributed by atoms with Crippen molar-refractivity contribution < 1.29 is 8.42 Å². The van der Waals surface area contributed by atoms with Crippen molar-refractivity contribution in [3.63, 3.8) is 0 Å². The van der Waals surface area contributed by atoms with Crippen molar-refractivity contribution in [2.75, 3.05) is 16.8 Å². The topological polar surface area (TPSA) is 59.1 Å². The molecule has 2 heterocycles. The van der Waals surface area contributed by atoms with Gasteiger partial charge in [-0.3, -0.25) is 0 Å². The number of hydrogen-bond acceptors (Lipinski definition) is 4. The summed E-state index contributed by atoms with van der Waals surface area (Å²) in [7, 11) is -2.86. The molecule has 1 aliphatic rings. The highest BCUT2D eigenvalue weighted by atomic mass is 32.2. The Kier molecular flexibility index (Phi) is 2.93. The lowest BCUT2D eigenvalue weighted by Crippen LogP contribution is -2.21. The Bertz CT molecular complexity index is 725. The van der Waals surface area contributed by atoms with E-state index >= 15 is 0 Å². The molecule has 0 bridgehead atoms. The number of nitrogens with zero attached hydrogens (tertiary/aromatic N) is 1. The van der Waals surface area contributed by atoms with Gasteiger partial charge in [-0.2, -0.15) is 0 Å². The quantitative estimate of drug-likeness (QED) is 0.913. The van der Waals surface area contributed by atoms with E-state index in [0.717, 1.165) is 22.3 Å². The molecule has 100 valence electrons. The van der Waals surface area contributed by atoms with E-state index in [2.05, 4.69) is 16.4 Å². The lowest BCUT2D eigenvalue weighted by atomic mass is 10.1. The second kappa shape index (κ2) is 4.49. The van der Waals surface area contributed by atoms with Gasteiger partial charge in [0.2, 0.25) is 0 Å². The number of para-hydroxylation sites is 1. The number of anilines is 1. The van der Waals surface area contributed by atoms with E-state index in [1.807, 2.05) is 31.2 Å². The van der Waals surface area contributed by atoms with Crippen LogP contribution in [0.25, 0.3) is 10.9 Å². The summed E-state index contributed by atoms with van der Waals surface area (Å²) in [5.74, 6) is 1.28. The van der Waals surface area contributed by atoms with Crippen molar-refractivity contribution in [2.24, 2.45) is 0 Å². The number of aromatic nitrogens is 1. The van der Waals surface area contributed by atoms with E-state index < -0.39 is 9.84 Å². The monoisotopic (exact) mass is 276 g/mol. The maximum absolute atomic E-state index is 11.5. The molecule has 1 aromatic heterocycles. The van der Waals surface area contributed by atoms with Crippen LogP contribution in [-0.2, 0) is 9.84 Å². The van der Waals surface area contributed by atoms with Crippen molar-refractivity contribution in [3.8, 4) is 0 Å². The lowest BCUT2D eigenvalue weighted by molar-refractivity contribution is 0.602. The van der Waals surface area contributed by atoms with Crippen LogP contribution in [0.1, 0.15) is 12.0 Å². The molecule has 1 aromatic carbocycles. The van der Waals surface area contributed by atoms with Crippen LogP contribution in [0.4, 0.5) is 5.82 Å². The first-order valence-electron chi connectivity index (χ1n) is 6.37. The Labute approximate surface area is 112 Å². The van der Waals surface area contributed by atoms with Gasteiger partial charge in [-0.1, -0.05) is 18.2 Å².